The summed E-state index contributed by atoms with van der Waals surface area (Å²) >= 11 is 1.33. The summed E-state index contributed by atoms with van der Waals surface area (Å²) in [7, 11) is 0. The minimum Gasteiger partial charge on any atom is -0.406 e. The van der Waals surface area contributed by atoms with Crippen molar-refractivity contribution in [2.75, 3.05) is 5.32 Å². The minimum atomic E-state index is -4.75. The average molecular weight is 417 g/mol. The zero-order valence-corrected chi connectivity index (χ0v) is 15.7. The van der Waals surface area contributed by atoms with E-state index >= 15 is 0 Å². The fourth-order valence-corrected chi connectivity index (χ4v) is 3.37. The molecule has 9 heteroatoms. The third kappa shape index (κ3) is 6.33. The highest BCUT2D eigenvalue weighted by Gasteiger charge is 2.30. The lowest BCUT2D eigenvalue weighted by Crippen LogP contribution is -2.17. The maximum absolute atomic E-state index is 12.2. The molecule has 0 radical (unpaired) electrons. The molecule has 1 amide bonds. The van der Waals surface area contributed by atoms with Gasteiger partial charge in [0.1, 0.15) is 5.75 Å². The van der Waals surface area contributed by atoms with E-state index < -0.39 is 6.36 Å². The molecule has 0 aliphatic heterocycles. The Hall–Kier alpha value is -3.38. The predicted molar refractivity (Wildman–Crippen MR) is 102 cm³/mol. The second-order valence-corrected chi connectivity index (χ2v) is 7.15. The fourth-order valence-electron chi connectivity index (χ4n) is 2.50. The van der Waals surface area contributed by atoms with Crippen molar-refractivity contribution in [1.29, 1.82) is 5.26 Å². The van der Waals surface area contributed by atoms with Crippen molar-refractivity contribution in [3.8, 4) is 11.8 Å². The Labute approximate surface area is 168 Å². The Morgan fingerprint density at radius 1 is 1.10 bits per heavy atom. The molecule has 0 bridgehead atoms. The van der Waals surface area contributed by atoms with E-state index in [1.807, 2.05) is 12.1 Å². The minimum absolute atomic E-state index is 0.00314. The summed E-state index contributed by atoms with van der Waals surface area (Å²) in [5, 5.41) is 11.9. The number of carbonyl (C=O) groups is 1. The number of anilines is 1. The molecule has 0 atom stereocenters. The van der Waals surface area contributed by atoms with Crippen LogP contribution in [0.4, 0.5) is 18.3 Å². The molecular formula is C20H14F3N3O2S. The van der Waals surface area contributed by atoms with Gasteiger partial charge >= 0.3 is 6.36 Å². The lowest BCUT2D eigenvalue weighted by molar-refractivity contribution is -0.274. The first-order valence-electron chi connectivity index (χ1n) is 8.39. The normalized spacial score (nSPS) is 11.0. The van der Waals surface area contributed by atoms with Crippen LogP contribution in [0, 0.1) is 11.3 Å². The molecule has 0 unspecified atom stereocenters. The van der Waals surface area contributed by atoms with Gasteiger partial charge in [0.25, 0.3) is 0 Å². The van der Waals surface area contributed by atoms with E-state index in [0.717, 1.165) is 22.6 Å². The number of hydrogen-bond donors (Lipinski definition) is 1. The van der Waals surface area contributed by atoms with E-state index in [0.29, 0.717) is 22.7 Å². The van der Waals surface area contributed by atoms with Gasteiger partial charge < -0.3 is 10.1 Å². The molecule has 0 fully saturated rings. The Kier molecular flexibility index (Phi) is 6.14. The number of benzene rings is 2. The lowest BCUT2D eigenvalue weighted by atomic mass is 10.1. The summed E-state index contributed by atoms with van der Waals surface area (Å²) in [6, 6.07) is 14.4. The standard InChI is InChI=1S/C20H14F3N3O2S/c21-20(22,23)28-16-7-5-14(6-8-16)10-18(27)26-19-25-12-17(29-19)9-13-1-3-15(11-24)4-2-13/h1-8,12H,9-10H2,(H,25,26,27). The highest BCUT2D eigenvalue weighted by atomic mass is 32.1. The molecule has 29 heavy (non-hydrogen) atoms. The molecular weight excluding hydrogens is 403 g/mol. The third-order valence-corrected chi connectivity index (χ3v) is 4.70. The van der Waals surface area contributed by atoms with Crippen molar-refractivity contribution < 1.29 is 22.7 Å². The van der Waals surface area contributed by atoms with Crippen molar-refractivity contribution in [2.45, 2.75) is 19.2 Å². The number of halogens is 3. The monoisotopic (exact) mass is 417 g/mol. The van der Waals surface area contributed by atoms with Crippen molar-refractivity contribution in [3.63, 3.8) is 0 Å². The van der Waals surface area contributed by atoms with E-state index in [4.69, 9.17) is 5.26 Å². The first kappa shape index (κ1) is 20.4. The van der Waals surface area contributed by atoms with Gasteiger partial charge in [-0.05, 0) is 35.4 Å². The molecule has 2 aromatic carbocycles. The summed E-state index contributed by atoms with van der Waals surface area (Å²) in [5.74, 6) is -0.664. The van der Waals surface area contributed by atoms with Crippen LogP contribution in [0.3, 0.4) is 0 Å². The van der Waals surface area contributed by atoms with Gasteiger partial charge in [-0.3, -0.25) is 4.79 Å². The summed E-state index contributed by atoms with van der Waals surface area (Å²) in [6.45, 7) is 0. The first-order valence-corrected chi connectivity index (χ1v) is 9.21. The number of thiazole rings is 1. The topological polar surface area (TPSA) is 75.0 Å². The first-order chi connectivity index (χ1) is 13.8. The van der Waals surface area contributed by atoms with Gasteiger partial charge in [0.2, 0.25) is 5.91 Å². The molecule has 5 nitrogen and oxygen atoms in total. The Balaban J connectivity index is 1.54. The molecule has 0 aliphatic carbocycles. The number of aromatic nitrogens is 1. The Bertz CT molecular complexity index is 1020. The zero-order chi connectivity index (χ0) is 20.9. The molecule has 0 aliphatic rings. The number of ether oxygens (including phenoxy) is 1. The highest BCUT2D eigenvalue weighted by molar-refractivity contribution is 7.15. The molecule has 0 saturated carbocycles. The van der Waals surface area contributed by atoms with Gasteiger partial charge in [-0.1, -0.05) is 24.3 Å². The fraction of sp³-hybridized carbons (Fsp3) is 0.150. The van der Waals surface area contributed by atoms with Crippen molar-refractivity contribution >= 4 is 22.4 Å². The average Bonchev–Trinajstić information content (AvgIpc) is 3.09. The predicted octanol–water partition coefficient (Wildman–Crippen LogP) is 4.69. The van der Waals surface area contributed by atoms with Crippen LogP contribution in [0.15, 0.2) is 54.7 Å². The molecule has 148 valence electrons. The van der Waals surface area contributed by atoms with Crippen LogP contribution in [0.25, 0.3) is 0 Å². The maximum atomic E-state index is 12.2. The van der Waals surface area contributed by atoms with Crippen LogP contribution in [-0.4, -0.2) is 17.3 Å². The summed E-state index contributed by atoms with van der Waals surface area (Å²) in [6.07, 6.45) is -2.46. The lowest BCUT2D eigenvalue weighted by Gasteiger charge is -2.09. The van der Waals surface area contributed by atoms with Crippen molar-refractivity contribution in [2.24, 2.45) is 0 Å². The van der Waals surface area contributed by atoms with Crippen LogP contribution in [0.2, 0.25) is 0 Å². The molecule has 3 aromatic rings. The van der Waals surface area contributed by atoms with Gasteiger partial charge in [0.15, 0.2) is 5.13 Å². The smallest absolute Gasteiger partial charge is 0.406 e. The number of rotatable bonds is 6. The largest absolute Gasteiger partial charge is 0.573 e. The number of alkyl halides is 3. The summed E-state index contributed by atoms with van der Waals surface area (Å²) < 4.78 is 40.3. The van der Waals surface area contributed by atoms with Crippen LogP contribution in [-0.2, 0) is 17.6 Å². The summed E-state index contributed by atoms with van der Waals surface area (Å²) in [4.78, 5) is 17.3. The number of nitriles is 1. The number of nitrogens with zero attached hydrogens (tertiary/aromatic N) is 2. The van der Waals surface area contributed by atoms with Gasteiger partial charge in [-0.2, -0.15) is 5.26 Å². The third-order valence-electron chi connectivity index (χ3n) is 3.78. The summed E-state index contributed by atoms with van der Waals surface area (Å²) in [5.41, 5.74) is 2.15. The van der Waals surface area contributed by atoms with Crippen molar-refractivity contribution in [3.05, 3.63) is 76.3 Å². The number of hydrogen-bond acceptors (Lipinski definition) is 5. The van der Waals surface area contributed by atoms with E-state index in [1.165, 1.54) is 23.5 Å². The van der Waals surface area contributed by atoms with E-state index in [2.05, 4.69) is 21.1 Å². The van der Waals surface area contributed by atoms with E-state index in [-0.39, 0.29) is 18.1 Å². The van der Waals surface area contributed by atoms with Crippen LogP contribution < -0.4 is 10.1 Å². The number of amides is 1. The number of carbonyl (C=O) groups excluding carboxylic acids is 1. The van der Waals surface area contributed by atoms with Gasteiger partial charge in [-0.15, -0.1) is 24.5 Å². The second-order valence-electron chi connectivity index (χ2n) is 6.03. The molecule has 1 N–H and O–H groups in total. The second kappa shape index (κ2) is 8.75. The molecule has 0 spiro atoms. The van der Waals surface area contributed by atoms with Crippen LogP contribution in [0.1, 0.15) is 21.6 Å². The van der Waals surface area contributed by atoms with Crippen molar-refractivity contribution in [1.82, 2.24) is 4.98 Å². The zero-order valence-electron chi connectivity index (χ0n) is 14.9. The van der Waals surface area contributed by atoms with Gasteiger partial charge in [-0.25, -0.2) is 4.98 Å². The van der Waals surface area contributed by atoms with Gasteiger partial charge in [0.05, 0.1) is 18.1 Å². The van der Waals surface area contributed by atoms with E-state index in [1.54, 1.807) is 18.3 Å². The molecule has 1 heterocycles. The highest BCUT2D eigenvalue weighted by Crippen LogP contribution is 2.24. The maximum Gasteiger partial charge on any atom is 0.573 e. The van der Waals surface area contributed by atoms with Crippen LogP contribution in [0.5, 0.6) is 5.75 Å². The molecule has 1 aromatic heterocycles. The SMILES string of the molecule is N#Cc1ccc(Cc2cnc(NC(=O)Cc3ccc(OC(F)(F)F)cc3)s2)cc1. The Morgan fingerprint density at radius 2 is 1.76 bits per heavy atom. The molecule has 3 rings (SSSR count). The van der Waals surface area contributed by atoms with Crippen LogP contribution >= 0.6 is 11.3 Å². The van der Waals surface area contributed by atoms with E-state index in [9.17, 15) is 18.0 Å². The molecule has 0 saturated heterocycles. The number of nitrogens with one attached hydrogen (secondary N) is 1. The van der Waals surface area contributed by atoms with Gasteiger partial charge in [0, 0.05) is 17.5 Å². The Morgan fingerprint density at radius 3 is 2.38 bits per heavy atom. The quantitative estimate of drug-likeness (QED) is 0.632.